The molecule has 2 aliphatic heterocycles. The van der Waals surface area contributed by atoms with E-state index in [9.17, 15) is 9.59 Å². The number of hydrogen-bond acceptors (Lipinski definition) is 2. The van der Waals surface area contributed by atoms with Crippen LogP contribution < -0.4 is 11.4 Å². The number of aromatic nitrogens is 3. The molecule has 0 amide bonds. The molecule has 4 atom stereocenters. The fourth-order valence-corrected chi connectivity index (χ4v) is 5.16. The molecule has 0 fully saturated rings. The first-order valence-electron chi connectivity index (χ1n) is 8.35. The smallest absolute Gasteiger partial charge is 0.245 e. The monoisotopic (exact) mass is 321 g/mol. The normalized spacial score (nSPS) is 32.5. The van der Waals surface area contributed by atoms with Crippen LogP contribution in [0.3, 0.4) is 0 Å². The van der Waals surface area contributed by atoms with Gasteiger partial charge in [-0.2, -0.15) is 0 Å². The summed E-state index contributed by atoms with van der Waals surface area (Å²) in [6.07, 6.45) is 4.20. The Kier molecular flexibility index (Phi) is 2.36. The largest absolute Gasteiger partial charge is 0.352 e. The van der Waals surface area contributed by atoms with Crippen molar-refractivity contribution in [2.75, 3.05) is 0 Å². The second kappa shape index (κ2) is 4.09. The van der Waals surface area contributed by atoms with Gasteiger partial charge in [0.15, 0.2) is 0 Å². The third-order valence-electron chi connectivity index (χ3n) is 6.53. The third-order valence-corrected chi connectivity index (χ3v) is 6.53. The van der Waals surface area contributed by atoms with Gasteiger partial charge >= 0.3 is 11.4 Å². The summed E-state index contributed by atoms with van der Waals surface area (Å²) in [5.74, 6) is 0.302. The van der Waals surface area contributed by atoms with E-state index in [1.165, 1.54) is 15.7 Å². The van der Waals surface area contributed by atoms with Gasteiger partial charge < -0.3 is 0 Å². The summed E-state index contributed by atoms with van der Waals surface area (Å²) in [5.41, 5.74) is 2.77. The molecule has 0 saturated carbocycles. The molecule has 3 heterocycles. The highest BCUT2D eigenvalue weighted by Crippen LogP contribution is 2.65. The fraction of sp³-hybridized carbons (Fsp3) is 0.368. The Morgan fingerprint density at radius 1 is 0.958 bits per heavy atom. The van der Waals surface area contributed by atoms with E-state index in [1.54, 1.807) is 21.5 Å². The van der Waals surface area contributed by atoms with E-state index in [4.69, 9.17) is 0 Å². The highest BCUT2D eigenvalue weighted by molar-refractivity contribution is 5.44. The first kappa shape index (κ1) is 13.8. The minimum absolute atomic E-state index is 0.0668. The number of benzene rings is 1. The molecule has 0 spiro atoms. The quantitative estimate of drug-likeness (QED) is 0.758. The second-order valence-corrected chi connectivity index (χ2v) is 7.31. The van der Waals surface area contributed by atoms with E-state index >= 15 is 0 Å². The van der Waals surface area contributed by atoms with E-state index in [1.807, 2.05) is 18.2 Å². The van der Waals surface area contributed by atoms with Gasteiger partial charge in [0.25, 0.3) is 0 Å². The molecule has 0 saturated heterocycles. The number of hydrogen-bond donors (Lipinski definition) is 0. The van der Waals surface area contributed by atoms with Crippen LogP contribution in [0, 0.1) is 11.3 Å². The van der Waals surface area contributed by atoms with Crippen molar-refractivity contribution in [3.8, 4) is 5.69 Å². The van der Waals surface area contributed by atoms with E-state index in [0.29, 0.717) is 11.6 Å². The molecule has 1 aromatic heterocycles. The zero-order valence-corrected chi connectivity index (χ0v) is 13.9. The average Bonchev–Trinajstić information content (AvgIpc) is 2.88. The van der Waals surface area contributed by atoms with Crippen molar-refractivity contribution in [1.82, 2.24) is 13.9 Å². The molecular weight excluding hydrogens is 302 g/mol. The maximum absolute atomic E-state index is 13.1. The summed E-state index contributed by atoms with van der Waals surface area (Å²) < 4.78 is 4.64. The van der Waals surface area contributed by atoms with E-state index < -0.39 is 0 Å². The van der Waals surface area contributed by atoms with Crippen LogP contribution >= 0.6 is 0 Å². The molecule has 2 bridgehead atoms. The molecule has 6 rings (SSSR count). The molecule has 1 aromatic carbocycles. The van der Waals surface area contributed by atoms with E-state index in [2.05, 4.69) is 32.9 Å². The highest BCUT2D eigenvalue weighted by atomic mass is 16.2. The SMILES string of the molecule is CC1=C(C)[C@@]2(C)[C@@H]1[C@H]1C=C[C@H]2n2c(=O)n(-c3ccccc3)c(=O)n21. The molecule has 0 unspecified atom stereocenters. The summed E-state index contributed by atoms with van der Waals surface area (Å²) >= 11 is 0. The van der Waals surface area contributed by atoms with Crippen molar-refractivity contribution in [3.05, 3.63) is 74.6 Å². The van der Waals surface area contributed by atoms with Crippen LogP contribution in [0.4, 0.5) is 0 Å². The summed E-state index contributed by atoms with van der Waals surface area (Å²) in [6, 6.07) is 9.00. The lowest BCUT2D eigenvalue weighted by molar-refractivity contribution is 0.0303. The van der Waals surface area contributed by atoms with Gasteiger partial charge in [0.05, 0.1) is 17.8 Å². The van der Waals surface area contributed by atoms with Gasteiger partial charge in [-0.3, -0.25) is 0 Å². The Morgan fingerprint density at radius 2 is 1.62 bits per heavy atom. The lowest BCUT2D eigenvalue weighted by Crippen LogP contribution is -2.59. The maximum Gasteiger partial charge on any atom is 0.352 e. The van der Waals surface area contributed by atoms with Gasteiger partial charge in [0.1, 0.15) is 0 Å². The number of para-hydroxylation sites is 1. The van der Waals surface area contributed by atoms with Crippen molar-refractivity contribution in [2.45, 2.75) is 32.9 Å². The summed E-state index contributed by atoms with van der Waals surface area (Å²) in [7, 11) is 0. The topological polar surface area (TPSA) is 48.9 Å². The minimum atomic E-state index is -0.248. The minimum Gasteiger partial charge on any atom is -0.245 e. The van der Waals surface area contributed by atoms with Crippen LogP contribution in [-0.4, -0.2) is 13.9 Å². The average molecular weight is 321 g/mol. The molecule has 122 valence electrons. The van der Waals surface area contributed by atoms with Gasteiger partial charge in [-0.05, 0) is 26.0 Å². The van der Waals surface area contributed by atoms with Crippen molar-refractivity contribution in [3.63, 3.8) is 0 Å². The van der Waals surface area contributed by atoms with Crippen molar-refractivity contribution >= 4 is 0 Å². The summed E-state index contributed by atoms with van der Waals surface area (Å²) in [6.45, 7) is 6.53. The Hall–Kier alpha value is -2.56. The number of nitrogens with zero attached hydrogens (tertiary/aromatic N) is 3. The molecule has 2 aromatic rings. The van der Waals surface area contributed by atoms with Crippen LogP contribution in [0.2, 0.25) is 0 Å². The molecule has 5 heteroatoms. The Balaban J connectivity index is 1.82. The van der Waals surface area contributed by atoms with Crippen LogP contribution in [0.5, 0.6) is 0 Å². The lowest BCUT2D eigenvalue weighted by atomic mass is 9.49. The molecule has 0 radical (unpaired) electrons. The highest BCUT2D eigenvalue weighted by Gasteiger charge is 2.61. The molecule has 2 aliphatic carbocycles. The molecule has 5 nitrogen and oxygen atoms in total. The molecular formula is C19H19N3O2. The predicted molar refractivity (Wildman–Crippen MR) is 91.5 cm³/mol. The van der Waals surface area contributed by atoms with Gasteiger partial charge in [0.2, 0.25) is 0 Å². The van der Waals surface area contributed by atoms with E-state index in [-0.39, 0.29) is 28.9 Å². The van der Waals surface area contributed by atoms with Gasteiger partial charge in [-0.1, -0.05) is 48.4 Å². The Morgan fingerprint density at radius 3 is 2.33 bits per heavy atom. The zero-order valence-electron chi connectivity index (χ0n) is 13.9. The summed E-state index contributed by atoms with van der Waals surface area (Å²) in [4.78, 5) is 26.1. The zero-order chi connectivity index (χ0) is 16.8. The van der Waals surface area contributed by atoms with Crippen LogP contribution in [0.1, 0.15) is 32.9 Å². The fourth-order valence-electron chi connectivity index (χ4n) is 5.16. The molecule has 24 heavy (non-hydrogen) atoms. The maximum atomic E-state index is 13.1. The standard InChI is InChI=1S/C19H19N3O2/c1-11-12(2)19(3)15-10-9-14(16(11)19)21-17(23)20(18(24)22(15)21)13-7-5-4-6-8-13/h4-10,14-16H,1-3H3/t14-,15-,16+,19-/m1/s1. The van der Waals surface area contributed by atoms with Crippen LogP contribution in [0.25, 0.3) is 5.69 Å². The molecule has 0 N–H and O–H groups in total. The van der Waals surface area contributed by atoms with Crippen molar-refractivity contribution in [1.29, 1.82) is 0 Å². The van der Waals surface area contributed by atoms with Gasteiger partial charge in [0, 0.05) is 11.3 Å². The van der Waals surface area contributed by atoms with Gasteiger partial charge in [-0.15, -0.1) is 0 Å². The van der Waals surface area contributed by atoms with Crippen molar-refractivity contribution in [2.24, 2.45) is 11.3 Å². The van der Waals surface area contributed by atoms with Gasteiger partial charge in [-0.25, -0.2) is 23.5 Å². The Labute approximate surface area is 139 Å². The third kappa shape index (κ3) is 1.26. The predicted octanol–water partition coefficient (Wildman–Crippen LogP) is 2.44. The number of rotatable bonds is 1. The van der Waals surface area contributed by atoms with E-state index in [0.717, 1.165) is 0 Å². The van der Waals surface area contributed by atoms with Crippen molar-refractivity contribution < 1.29 is 0 Å². The first-order valence-corrected chi connectivity index (χ1v) is 8.35. The van der Waals surface area contributed by atoms with Crippen LogP contribution in [0.15, 0.2) is 63.2 Å². The Bertz CT molecular complexity index is 1050. The number of allylic oxidation sites excluding steroid dienone is 4. The van der Waals surface area contributed by atoms with Crippen LogP contribution in [-0.2, 0) is 0 Å². The first-order chi connectivity index (χ1) is 11.5. The summed E-state index contributed by atoms with van der Waals surface area (Å²) in [5, 5.41) is 0. The lowest BCUT2D eigenvalue weighted by Gasteiger charge is -2.60. The molecule has 4 aliphatic rings. The second-order valence-electron chi connectivity index (χ2n) is 7.31.